The van der Waals surface area contributed by atoms with Crippen LogP contribution in [0.2, 0.25) is 0 Å². The van der Waals surface area contributed by atoms with E-state index in [-0.39, 0.29) is 0 Å². The Morgan fingerprint density at radius 2 is 2.06 bits per heavy atom. The summed E-state index contributed by atoms with van der Waals surface area (Å²) in [5.74, 6) is 1.04. The molecule has 1 aromatic heterocycles. The van der Waals surface area contributed by atoms with Gasteiger partial charge in [0.05, 0.1) is 6.10 Å². The normalized spacial score (nSPS) is 20.8. The highest BCUT2D eigenvalue weighted by Gasteiger charge is 2.28. The Morgan fingerprint density at radius 3 is 2.50 bits per heavy atom. The van der Waals surface area contributed by atoms with Crippen molar-refractivity contribution in [2.24, 2.45) is 5.41 Å². The number of piperidine rings is 1. The second-order valence-electron chi connectivity index (χ2n) is 5.78. The molecule has 1 aliphatic heterocycles. The van der Waals surface area contributed by atoms with E-state index in [0.717, 1.165) is 24.5 Å². The van der Waals surface area contributed by atoms with Crippen molar-refractivity contribution in [1.29, 1.82) is 0 Å². The third-order valence-electron chi connectivity index (χ3n) is 4.40. The molecule has 1 N–H and O–H groups in total. The van der Waals surface area contributed by atoms with E-state index in [4.69, 9.17) is 0 Å². The lowest BCUT2D eigenvalue weighted by atomic mass is 9.78. The van der Waals surface area contributed by atoms with E-state index < -0.39 is 6.10 Å². The molecular weight excluding hydrogens is 224 g/mol. The van der Waals surface area contributed by atoms with Crippen molar-refractivity contribution in [2.45, 2.75) is 46.1 Å². The van der Waals surface area contributed by atoms with Crippen molar-refractivity contribution in [3.63, 3.8) is 0 Å². The highest BCUT2D eigenvalue weighted by molar-refractivity contribution is 5.40. The van der Waals surface area contributed by atoms with Gasteiger partial charge < -0.3 is 10.0 Å². The lowest BCUT2D eigenvalue weighted by Gasteiger charge is -2.39. The van der Waals surface area contributed by atoms with Crippen molar-refractivity contribution in [3.8, 4) is 0 Å². The van der Waals surface area contributed by atoms with Crippen LogP contribution in [0.4, 0.5) is 5.82 Å². The molecule has 0 aromatic carbocycles. The largest absolute Gasteiger partial charge is 0.389 e. The number of hydrogen-bond donors (Lipinski definition) is 1. The van der Waals surface area contributed by atoms with Crippen molar-refractivity contribution in [1.82, 2.24) is 4.98 Å². The fraction of sp³-hybridized carbons (Fsp3) is 0.667. The molecule has 1 fully saturated rings. The monoisotopic (exact) mass is 248 g/mol. The summed E-state index contributed by atoms with van der Waals surface area (Å²) < 4.78 is 0. The van der Waals surface area contributed by atoms with Crippen LogP contribution >= 0.6 is 0 Å². The fourth-order valence-corrected chi connectivity index (χ4v) is 2.46. The number of aromatic nitrogens is 1. The van der Waals surface area contributed by atoms with Crippen LogP contribution in [0.5, 0.6) is 0 Å². The van der Waals surface area contributed by atoms with E-state index in [1.807, 2.05) is 12.1 Å². The predicted octanol–water partition coefficient (Wildman–Crippen LogP) is 3.15. The molecule has 2 heterocycles. The zero-order valence-corrected chi connectivity index (χ0v) is 11.7. The first-order valence-electron chi connectivity index (χ1n) is 6.93. The maximum Gasteiger partial charge on any atom is 0.128 e. The minimum absolute atomic E-state index is 0.434. The quantitative estimate of drug-likeness (QED) is 0.892. The lowest BCUT2D eigenvalue weighted by Crippen LogP contribution is -2.38. The number of nitrogens with zero attached hydrogens (tertiary/aromatic N) is 2. The average molecular weight is 248 g/mol. The van der Waals surface area contributed by atoms with Gasteiger partial charge in [-0.1, -0.05) is 26.3 Å². The summed E-state index contributed by atoms with van der Waals surface area (Å²) in [7, 11) is 0. The van der Waals surface area contributed by atoms with Gasteiger partial charge in [0.25, 0.3) is 0 Å². The van der Waals surface area contributed by atoms with Gasteiger partial charge in [0.2, 0.25) is 0 Å². The Labute approximate surface area is 110 Å². The topological polar surface area (TPSA) is 36.4 Å². The Morgan fingerprint density at radius 1 is 1.39 bits per heavy atom. The molecule has 0 spiro atoms. The summed E-state index contributed by atoms with van der Waals surface area (Å²) in [6.45, 7) is 8.61. The van der Waals surface area contributed by atoms with Gasteiger partial charge in [-0.2, -0.15) is 0 Å². The fourth-order valence-electron chi connectivity index (χ4n) is 2.46. The van der Waals surface area contributed by atoms with E-state index in [1.165, 1.54) is 19.3 Å². The Kier molecular flexibility index (Phi) is 3.91. The lowest BCUT2D eigenvalue weighted by molar-refractivity contribution is 0.199. The van der Waals surface area contributed by atoms with Gasteiger partial charge >= 0.3 is 0 Å². The second kappa shape index (κ2) is 5.27. The molecule has 2 rings (SSSR count). The summed E-state index contributed by atoms with van der Waals surface area (Å²) in [4.78, 5) is 6.81. The Balaban J connectivity index is 2.01. The molecule has 1 aliphatic rings. The highest BCUT2D eigenvalue weighted by Crippen LogP contribution is 2.35. The molecule has 18 heavy (non-hydrogen) atoms. The van der Waals surface area contributed by atoms with Crippen molar-refractivity contribution < 1.29 is 5.11 Å². The summed E-state index contributed by atoms with van der Waals surface area (Å²) in [5, 5.41) is 9.47. The first-order valence-corrected chi connectivity index (χ1v) is 6.93. The molecule has 1 atom stereocenters. The maximum atomic E-state index is 9.47. The Bertz CT molecular complexity index is 378. The van der Waals surface area contributed by atoms with Gasteiger partial charge in [-0.05, 0) is 36.8 Å². The smallest absolute Gasteiger partial charge is 0.128 e. The van der Waals surface area contributed by atoms with Gasteiger partial charge in [-0.3, -0.25) is 0 Å². The minimum Gasteiger partial charge on any atom is -0.389 e. The summed E-state index contributed by atoms with van der Waals surface area (Å²) in [5.41, 5.74) is 1.39. The van der Waals surface area contributed by atoms with E-state index in [0.29, 0.717) is 5.41 Å². The third-order valence-corrected chi connectivity index (χ3v) is 4.40. The summed E-state index contributed by atoms with van der Waals surface area (Å²) >= 11 is 0. The van der Waals surface area contributed by atoms with E-state index in [1.54, 1.807) is 13.1 Å². The summed E-state index contributed by atoms with van der Waals surface area (Å²) in [6.07, 6.45) is 5.09. The number of hydrogen-bond acceptors (Lipinski definition) is 3. The number of rotatable bonds is 3. The van der Waals surface area contributed by atoms with Gasteiger partial charge in [0, 0.05) is 19.3 Å². The molecule has 1 unspecified atom stereocenters. The van der Waals surface area contributed by atoms with Crippen LogP contribution in [0, 0.1) is 5.41 Å². The standard InChI is InChI=1S/C15H24N2O/c1-4-15(3)7-9-17(10-8-15)14-6-5-13(11-16-14)12(2)18/h5-6,11-12,18H,4,7-10H2,1-3H3. The van der Waals surface area contributed by atoms with Crippen LogP contribution in [0.15, 0.2) is 18.3 Å². The van der Waals surface area contributed by atoms with Crippen LogP contribution in [0.25, 0.3) is 0 Å². The molecule has 1 aromatic rings. The van der Waals surface area contributed by atoms with E-state index in [9.17, 15) is 5.11 Å². The summed E-state index contributed by atoms with van der Waals surface area (Å²) in [6, 6.07) is 4.00. The molecule has 0 radical (unpaired) electrons. The molecule has 0 bridgehead atoms. The van der Waals surface area contributed by atoms with Crippen molar-refractivity contribution in [3.05, 3.63) is 23.9 Å². The maximum absolute atomic E-state index is 9.47. The molecule has 0 amide bonds. The first-order chi connectivity index (χ1) is 8.54. The van der Waals surface area contributed by atoms with Crippen LogP contribution in [-0.2, 0) is 0 Å². The molecule has 3 nitrogen and oxygen atoms in total. The highest BCUT2D eigenvalue weighted by atomic mass is 16.3. The van der Waals surface area contributed by atoms with Crippen molar-refractivity contribution >= 4 is 5.82 Å². The predicted molar refractivity (Wildman–Crippen MR) is 74.7 cm³/mol. The van der Waals surface area contributed by atoms with Gasteiger partial charge in [-0.25, -0.2) is 4.98 Å². The zero-order chi connectivity index (χ0) is 13.2. The molecular formula is C15H24N2O. The van der Waals surface area contributed by atoms with Crippen molar-refractivity contribution in [2.75, 3.05) is 18.0 Å². The molecule has 100 valence electrons. The number of anilines is 1. The number of pyridine rings is 1. The number of aliphatic hydroxyl groups is 1. The SMILES string of the molecule is CCC1(C)CCN(c2ccc(C(C)O)cn2)CC1. The van der Waals surface area contributed by atoms with Crippen LogP contribution in [0.3, 0.4) is 0 Å². The van der Waals surface area contributed by atoms with Crippen LogP contribution in [0.1, 0.15) is 51.7 Å². The van der Waals surface area contributed by atoms with Gasteiger partial charge in [0.1, 0.15) is 5.82 Å². The van der Waals surface area contributed by atoms with Crippen LogP contribution in [-0.4, -0.2) is 23.2 Å². The molecule has 3 heteroatoms. The minimum atomic E-state index is -0.434. The first kappa shape index (κ1) is 13.3. The molecule has 0 saturated carbocycles. The average Bonchev–Trinajstić information content (AvgIpc) is 2.40. The second-order valence-corrected chi connectivity index (χ2v) is 5.78. The van der Waals surface area contributed by atoms with Gasteiger partial charge in [-0.15, -0.1) is 0 Å². The zero-order valence-electron chi connectivity index (χ0n) is 11.7. The van der Waals surface area contributed by atoms with E-state index in [2.05, 4.69) is 23.7 Å². The van der Waals surface area contributed by atoms with E-state index >= 15 is 0 Å². The molecule has 1 saturated heterocycles. The Hall–Kier alpha value is -1.09. The van der Waals surface area contributed by atoms with Crippen LogP contribution < -0.4 is 4.90 Å². The molecule has 0 aliphatic carbocycles. The number of aliphatic hydroxyl groups excluding tert-OH is 1. The van der Waals surface area contributed by atoms with Gasteiger partial charge in [0.15, 0.2) is 0 Å². The third kappa shape index (κ3) is 2.83.